The molecule has 0 bridgehead atoms. The van der Waals surface area contributed by atoms with Gasteiger partial charge in [0.05, 0.1) is 12.2 Å². The van der Waals surface area contributed by atoms with Crippen molar-refractivity contribution in [3.05, 3.63) is 93.8 Å². The van der Waals surface area contributed by atoms with E-state index in [1.807, 2.05) is 62.4 Å². The Hall–Kier alpha value is -4.06. The van der Waals surface area contributed by atoms with E-state index in [0.29, 0.717) is 31.0 Å². The maximum atomic E-state index is 12.3. The Balaban J connectivity index is 1.50. The van der Waals surface area contributed by atoms with E-state index >= 15 is 0 Å². The number of rotatable bonds is 5. The minimum atomic E-state index is -0.385. The summed E-state index contributed by atoms with van der Waals surface area (Å²) < 4.78 is 16.9. The predicted octanol–water partition coefficient (Wildman–Crippen LogP) is 5.69. The van der Waals surface area contributed by atoms with E-state index in [4.69, 9.17) is 13.9 Å². The number of fused-ring (bicyclic) bond motifs is 2. The zero-order valence-electron chi connectivity index (χ0n) is 19.2. The topological polar surface area (TPSA) is 69.0 Å². The van der Waals surface area contributed by atoms with Crippen molar-refractivity contribution in [2.24, 2.45) is 0 Å². The maximum absolute atomic E-state index is 12.3. The second-order valence-electron chi connectivity index (χ2n) is 8.37. The Bertz CT molecular complexity index is 1410. The number of carbonyl (C=O) groups excluding carboxylic acids is 1. The fourth-order valence-electron chi connectivity index (χ4n) is 4.33. The standard InChI is InChI=1S/C28H25NO5/c1-3-13-32-28(31)20-9-11-22(12-10-20)29-16-21-14-24-23(19-7-5-4-6-8-19)15-25(30)34-27(24)18(2)26(21)33-17-29/h4-12,14-15H,3,13,16-17H2,1-2H3. The van der Waals surface area contributed by atoms with Crippen LogP contribution >= 0.6 is 0 Å². The van der Waals surface area contributed by atoms with Gasteiger partial charge in [-0.05, 0) is 54.8 Å². The highest BCUT2D eigenvalue weighted by Crippen LogP contribution is 2.39. The van der Waals surface area contributed by atoms with E-state index in [1.54, 1.807) is 18.2 Å². The molecule has 0 fully saturated rings. The smallest absolute Gasteiger partial charge is 0.338 e. The highest BCUT2D eigenvalue weighted by atomic mass is 16.5. The van der Waals surface area contributed by atoms with Crippen LogP contribution in [0.2, 0.25) is 0 Å². The van der Waals surface area contributed by atoms with E-state index < -0.39 is 0 Å². The average molecular weight is 456 g/mol. The molecule has 0 saturated carbocycles. The van der Waals surface area contributed by atoms with Gasteiger partial charge in [-0.15, -0.1) is 0 Å². The first-order valence-corrected chi connectivity index (χ1v) is 11.4. The second kappa shape index (κ2) is 9.06. The van der Waals surface area contributed by atoms with Gasteiger partial charge in [-0.25, -0.2) is 9.59 Å². The number of benzene rings is 3. The van der Waals surface area contributed by atoms with Crippen LogP contribution in [0.4, 0.5) is 5.69 Å². The average Bonchev–Trinajstić information content (AvgIpc) is 2.88. The number of anilines is 1. The number of nitrogens with zero attached hydrogens (tertiary/aromatic N) is 1. The molecule has 0 radical (unpaired) electrons. The Morgan fingerprint density at radius 2 is 1.82 bits per heavy atom. The lowest BCUT2D eigenvalue weighted by Crippen LogP contribution is -2.32. The summed E-state index contributed by atoms with van der Waals surface area (Å²) >= 11 is 0. The third-order valence-electron chi connectivity index (χ3n) is 6.01. The number of ether oxygens (including phenoxy) is 2. The minimum absolute atomic E-state index is 0.314. The van der Waals surface area contributed by atoms with Crippen molar-refractivity contribution in [1.29, 1.82) is 0 Å². The van der Waals surface area contributed by atoms with Gasteiger partial charge >= 0.3 is 11.6 Å². The van der Waals surface area contributed by atoms with Crippen LogP contribution < -0.4 is 15.3 Å². The highest BCUT2D eigenvalue weighted by Gasteiger charge is 2.24. The Morgan fingerprint density at radius 3 is 2.56 bits per heavy atom. The van der Waals surface area contributed by atoms with E-state index in [0.717, 1.165) is 45.5 Å². The number of hydrogen-bond donors (Lipinski definition) is 0. The molecule has 0 aliphatic carbocycles. The van der Waals surface area contributed by atoms with Crippen LogP contribution in [0.5, 0.6) is 5.75 Å². The summed E-state index contributed by atoms with van der Waals surface area (Å²) in [5.74, 6) is 0.433. The van der Waals surface area contributed by atoms with E-state index in [2.05, 4.69) is 4.90 Å². The SMILES string of the molecule is CCCOC(=O)c1ccc(N2COc3c(cc4c(-c5ccccc5)cc(=O)oc4c3C)C2)cc1. The minimum Gasteiger partial charge on any atom is -0.472 e. The number of carbonyl (C=O) groups is 1. The molecule has 3 aromatic carbocycles. The summed E-state index contributed by atoms with van der Waals surface area (Å²) in [6.07, 6.45) is 0.790. The molecule has 0 amide bonds. The largest absolute Gasteiger partial charge is 0.472 e. The van der Waals surface area contributed by atoms with Crippen LogP contribution in [0.25, 0.3) is 22.1 Å². The molecule has 34 heavy (non-hydrogen) atoms. The number of aryl methyl sites for hydroxylation is 1. The second-order valence-corrected chi connectivity index (χ2v) is 8.37. The van der Waals surface area contributed by atoms with Gasteiger partial charge in [-0.2, -0.15) is 0 Å². The quantitative estimate of drug-likeness (QED) is 0.284. The molecular formula is C28H25NO5. The first-order chi connectivity index (χ1) is 16.5. The molecule has 1 aromatic heterocycles. The zero-order chi connectivity index (χ0) is 23.7. The molecule has 1 aliphatic heterocycles. The summed E-state index contributed by atoms with van der Waals surface area (Å²) in [5, 5.41) is 0.876. The van der Waals surface area contributed by atoms with Crippen LogP contribution in [0.1, 0.15) is 34.8 Å². The number of esters is 1. The lowest BCUT2D eigenvalue weighted by molar-refractivity contribution is 0.0505. The predicted molar refractivity (Wildman–Crippen MR) is 131 cm³/mol. The van der Waals surface area contributed by atoms with E-state index in [-0.39, 0.29) is 11.6 Å². The van der Waals surface area contributed by atoms with Crippen molar-refractivity contribution in [3.8, 4) is 16.9 Å². The molecule has 6 nitrogen and oxygen atoms in total. The first kappa shape index (κ1) is 21.8. The van der Waals surface area contributed by atoms with Crippen molar-refractivity contribution in [3.63, 3.8) is 0 Å². The van der Waals surface area contributed by atoms with Crippen LogP contribution in [-0.2, 0) is 11.3 Å². The third-order valence-corrected chi connectivity index (χ3v) is 6.01. The molecular weight excluding hydrogens is 430 g/mol. The fraction of sp³-hybridized carbons (Fsp3) is 0.214. The van der Waals surface area contributed by atoms with Crippen molar-refractivity contribution in [1.82, 2.24) is 0 Å². The van der Waals surface area contributed by atoms with Crippen LogP contribution in [0, 0.1) is 6.92 Å². The van der Waals surface area contributed by atoms with Crippen molar-refractivity contribution in [2.75, 3.05) is 18.2 Å². The van der Waals surface area contributed by atoms with Gasteiger partial charge in [-0.3, -0.25) is 0 Å². The Kier molecular flexibility index (Phi) is 5.80. The molecule has 1 aliphatic rings. The monoisotopic (exact) mass is 455 g/mol. The summed E-state index contributed by atoms with van der Waals surface area (Å²) in [5.41, 5.74) is 5.25. The highest BCUT2D eigenvalue weighted by molar-refractivity contribution is 5.96. The van der Waals surface area contributed by atoms with Gasteiger partial charge in [0.15, 0.2) is 6.73 Å². The molecule has 0 N–H and O–H groups in total. The van der Waals surface area contributed by atoms with Crippen molar-refractivity contribution >= 4 is 22.6 Å². The van der Waals surface area contributed by atoms with Crippen LogP contribution in [0.15, 0.2) is 75.9 Å². The summed E-state index contributed by atoms with van der Waals surface area (Å²) in [6, 6.07) is 20.8. The van der Waals surface area contributed by atoms with Crippen molar-refractivity contribution < 1.29 is 18.7 Å². The summed E-state index contributed by atoms with van der Waals surface area (Å²) in [4.78, 5) is 26.5. The zero-order valence-corrected chi connectivity index (χ0v) is 19.2. The third kappa shape index (κ3) is 4.03. The summed E-state index contributed by atoms with van der Waals surface area (Å²) in [6.45, 7) is 5.27. The maximum Gasteiger partial charge on any atom is 0.338 e. The van der Waals surface area contributed by atoms with Gasteiger partial charge < -0.3 is 18.8 Å². The molecule has 6 heteroatoms. The van der Waals surface area contributed by atoms with Crippen molar-refractivity contribution in [2.45, 2.75) is 26.8 Å². The van der Waals surface area contributed by atoms with Gasteiger partial charge in [0.2, 0.25) is 0 Å². The molecule has 2 heterocycles. The van der Waals surface area contributed by atoms with E-state index in [9.17, 15) is 9.59 Å². The summed E-state index contributed by atoms with van der Waals surface area (Å²) in [7, 11) is 0. The van der Waals surface area contributed by atoms with Crippen LogP contribution in [-0.4, -0.2) is 19.3 Å². The van der Waals surface area contributed by atoms with Gasteiger partial charge in [0.25, 0.3) is 0 Å². The molecule has 5 rings (SSSR count). The Morgan fingerprint density at radius 1 is 1.06 bits per heavy atom. The van der Waals surface area contributed by atoms with E-state index in [1.165, 1.54) is 0 Å². The van der Waals surface area contributed by atoms with Gasteiger partial charge in [0.1, 0.15) is 11.3 Å². The lowest BCUT2D eigenvalue weighted by atomic mass is 9.97. The fourth-order valence-corrected chi connectivity index (χ4v) is 4.33. The molecule has 0 spiro atoms. The number of hydrogen-bond acceptors (Lipinski definition) is 6. The Labute approximate surface area is 197 Å². The van der Waals surface area contributed by atoms with Crippen LogP contribution in [0.3, 0.4) is 0 Å². The van der Waals surface area contributed by atoms with Gasteiger partial charge in [-0.1, -0.05) is 37.3 Å². The molecule has 4 aromatic rings. The first-order valence-electron chi connectivity index (χ1n) is 11.4. The molecule has 172 valence electrons. The molecule has 0 atom stereocenters. The normalized spacial score (nSPS) is 12.8. The molecule has 0 saturated heterocycles. The lowest BCUT2D eigenvalue weighted by Gasteiger charge is -2.32. The molecule has 0 unspecified atom stereocenters. The van der Waals surface area contributed by atoms with Gasteiger partial charge in [0, 0.05) is 34.8 Å².